The maximum Gasteiger partial charge on any atom is 0.288 e. The number of hydrogen-bond acceptors (Lipinski definition) is 2. The van der Waals surface area contributed by atoms with Crippen LogP contribution in [0.3, 0.4) is 0 Å². The van der Waals surface area contributed by atoms with Crippen molar-refractivity contribution in [2.75, 3.05) is 5.32 Å². The van der Waals surface area contributed by atoms with Crippen LogP contribution >= 0.6 is 12.2 Å². The Balaban J connectivity index is 2.10. The highest BCUT2D eigenvalue weighted by Gasteiger charge is 2.25. The molecule has 2 aromatic carbocycles. The average molecular weight is 418 g/mol. The Kier molecular flexibility index (Phi) is 6.37. The largest absolute Gasteiger partial charge is 0.502 e. The molecule has 3 nitrogen and oxygen atoms in total. The van der Waals surface area contributed by atoms with Crippen LogP contribution in [0.25, 0.3) is 11.5 Å². The quantitative estimate of drug-likeness (QED) is 0.229. The van der Waals surface area contributed by atoms with E-state index in [9.17, 15) is 5.11 Å². The number of aryl methyl sites for hydroxylation is 2. The minimum atomic E-state index is 0.0435. The number of aliphatic hydroxyl groups excluding tert-OH is 1. The van der Waals surface area contributed by atoms with Crippen molar-refractivity contribution >= 4 is 34.3 Å². The summed E-state index contributed by atoms with van der Waals surface area (Å²) in [6.07, 6.45) is 3.90. The summed E-state index contributed by atoms with van der Waals surface area (Å²) in [4.78, 5) is 0.449. The number of benzene rings is 2. The van der Waals surface area contributed by atoms with Crippen molar-refractivity contribution in [2.24, 2.45) is 0 Å². The summed E-state index contributed by atoms with van der Waals surface area (Å²) in [5, 5.41) is 14.5. The molecule has 0 atom stereocenters. The van der Waals surface area contributed by atoms with Crippen LogP contribution in [0, 0.1) is 13.8 Å². The molecule has 0 aliphatic heterocycles. The second-order valence-electron chi connectivity index (χ2n) is 8.56. The summed E-state index contributed by atoms with van der Waals surface area (Å²) in [6.45, 7) is 10.6. The van der Waals surface area contributed by atoms with Gasteiger partial charge < -0.3 is 10.4 Å². The fraction of sp³-hybridized carbons (Fsp3) is 0.231. The molecular weight excluding hydrogens is 388 g/mol. The SMILES string of the molecule is Cc1ccc(C(O)=C(C(=S)Nc2ccccc2)[n+]2ccc(C(C)(C)C)cc2)cc1C. The highest BCUT2D eigenvalue weighted by Crippen LogP contribution is 2.23. The minimum absolute atomic E-state index is 0.0435. The fourth-order valence-corrected chi connectivity index (χ4v) is 3.48. The highest BCUT2D eigenvalue weighted by atomic mass is 32.1. The number of nitrogens with zero attached hydrogens (tertiary/aromatic N) is 1. The molecule has 0 aliphatic rings. The molecule has 154 valence electrons. The van der Waals surface area contributed by atoms with Crippen molar-refractivity contribution in [1.82, 2.24) is 0 Å². The lowest BCUT2D eigenvalue weighted by Gasteiger charge is -2.18. The standard InChI is InChI=1S/C26H28N2OS/c1-18-11-12-20(17-19(18)2)24(29)23(25(30)27-22-9-7-6-8-10-22)28-15-13-21(14-16-28)26(3,4)5/h6-17H,1-5H3,(H-,27,29,30)/p+1. The molecule has 30 heavy (non-hydrogen) atoms. The molecule has 3 aromatic rings. The summed E-state index contributed by atoms with van der Waals surface area (Å²) in [7, 11) is 0. The van der Waals surface area contributed by atoms with Crippen molar-refractivity contribution in [3.05, 3.63) is 95.3 Å². The van der Waals surface area contributed by atoms with E-state index in [-0.39, 0.29) is 11.2 Å². The molecule has 1 heterocycles. The first kappa shape index (κ1) is 21.7. The van der Waals surface area contributed by atoms with Crippen LogP contribution < -0.4 is 9.88 Å². The zero-order valence-electron chi connectivity index (χ0n) is 18.2. The van der Waals surface area contributed by atoms with E-state index in [1.54, 1.807) is 0 Å². The van der Waals surface area contributed by atoms with Gasteiger partial charge >= 0.3 is 0 Å². The van der Waals surface area contributed by atoms with Gasteiger partial charge in [-0.05, 0) is 54.2 Å². The Morgan fingerprint density at radius 1 is 0.900 bits per heavy atom. The van der Waals surface area contributed by atoms with Gasteiger partial charge in [0.2, 0.25) is 0 Å². The molecule has 4 heteroatoms. The van der Waals surface area contributed by atoms with Gasteiger partial charge in [-0.2, -0.15) is 4.57 Å². The first-order valence-corrected chi connectivity index (χ1v) is 10.5. The number of pyridine rings is 1. The van der Waals surface area contributed by atoms with Gasteiger partial charge in [-0.25, -0.2) is 0 Å². The molecule has 2 N–H and O–H groups in total. The molecule has 0 aliphatic carbocycles. The number of anilines is 1. The molecule has 0 spiro atoms. The summed E-state index contributed by atoms with van der Waals surface area (Å²) < 4.78 is 1.87. The number of para-hydroxylation sites is 1. The maximum atomic E-state index is 11.3. The van der Waals surface area contributed by atoms with Gasteiger partial charge in [0.15, 0.2) is 23.1 Å². The normalized spacial score (nSPS) is 12.3. The van der Waals surface area contributed by atoms with Crippen LogP contribution in [0.2, 0.25) is 0 Å². The van der Waals surface area contributed by atoms with Gasteiger partial charge in [-0.1, -0.05) is 63.3 Å². The lowest BCUT2D eigenvalue weighted by molar-refractivity contribution is -0.575. The predicted octanol–water partition coefficient (Wildman–Crippen LogP) is 6.21. The first-order valence-electron chi connectivity index (χ1n) is 10.1. The number of nitrogens with one attached hydrogen (secondary N) is 1. The molecule has 0 saturated heterocycles. The third-order valence-corrected chi connectivity index (χ3v) is 5.50. The van der Waals surface area contributed by atoms with Crippen molar-refractivity contribution in [3.8, 4) is 0 Å². The van der Waals surface area contributed by atoms with E-state index in [1.807, 2.05) is 72.4 Å². The van der Waals surface area contributed by atoms with Gasteiger partial charge in [-0.3, -0.25) is 0 Å². The molecule has 3 rings (SSSR count). The molecule has 0 radical (unpaired) electrons. The molecule has 0 saturated carbocycles. The van der Waals surface area contributed by atoms with E-state index >= 15 is 0 Å². The number of hydrogen-bond donors (Lipinski definition) is 2. The van der Waals surface area contributed by atoms with Gasteiger partial charge in [0, 0.05) is 23.4 Å². The number of aliphatic hydroxyl groups is 1. The van der Waals surface area contributed by atoms with E-state index in [2.05, 4.69) is 45.1 Å². The molecule has 0 amide bonds. The van der Waals surface area contributed by atoms with Gasteiger partial charge in [0.05, 0.1) is 0 Å². The van der Waals surface area contributed by atoms with Crippen LogP contribution in [0.5, 0.6) is 0 Å². The number of thiocarbonyl (C=S) groups is 1. The van der Waals surface area contributed by atoms with Crippen LogP contribution in [-0.2, 0) is 5.41 Å². The summed E-state index contributed by atoms with van der Waals surface area (Å²) >= 11 is 5.73. The topological polar surface area (TPSA) is 36.1 Å². The minimum Gasteiger partial charge on any atom is -0.502 e. The summed E-state index contributed by atoms with van der Waals surface area (Å²) in [5.41, 5.74) is 5.71. The zero-order chi connectivity index (χ0) is 21.9. The van der Waals surface area contributed by atoms with E-state index in [1.165, 1.54) is 11.1 Å². The first-order chi connectivity index (χ1) is 14.2. The highest BCUT2D eigenvalue weighted by molar-refractivity contribution is 7.81. The van der Waals surface area contributed by atoms with Gasteiger partial charge in [0.1, 0.15) is 0 Å². The molecule has 0 unspecified atom stereocenters. The van der Waals surface area contributed by atoms with E-state index in [0.717, 1.165) is 16.8 Å². The Bertz CT molecular complexity index is 1080. The summed E-state index contributed by atoms with van der Waals surface area (Å²) in [6, 6.07) is 19.8. The zero-order valence-corrected chi connectivity index (χ0v) is 19.0. The molecule has 1 aromatic heterocycles. The molecular formula is C26H29N2OS+. The number of rotatable bonds is 4. The Labute approximate surface area is 184 Å². The lowest BCUT2D eigenvalue weighted by Crippen LogP contribution is -2.39. The molecule has 0 fully saturated rings. The van der Waals surface area contributed by atoms with Gasteiger partial charge in [0.25, 0.3) is 5.70 Å². The van der Waals surface area contributed by atoms with Crippen LogP contribution in [0.1, 0.15) is 43.0 Å². The molecule has 0 bridgehead atoms. The van der Waals surface area contributed by atoms with Crippen molar-refractivity contribution in [2.45, 2.75) is 40.0 Å². The van der Waals surface area contributed by atoms with Crippen LogP contribution in [0.4, 0.5) is 5.69 Å². The second-order valence-corrected chi connectivity index (χ2v) is 8.97. The monoisotopic (exact) mass is 417 g/mol. The van der Waals surface area contributed by atoms with Crippen molar-refractivity contribution in [3.63, 3.8) is 0 Å². The van der Waals surface area contributed by atoms with E-state index < -0.39 is 0 Å². The van der Waals surface area contributed by atoms with E-state index in [0.29, 0.717) is 10.7 Å². The van der Waals surface area contributed by atoms with E-state index in [4.69, 9.17) is 12.2 Å². The second kappa shape index (κ2) is 8.80. The van der Waals surface area contributed by atoms with Crippen LogP contribution in [0.15, 0.2) is 73.1 Å². The summed E-state index contributed by atoms with van der Waals surface area (Å²) in [5.74, 6) is 0.139. The third kappa shape index (κ3) is 4.95. The Morgan fingerprint density at radius 2 is 1.53 bits per heavy atom. The lowest BCUT2D eigenvalue weighted by atomic mass is 9.88. The Morgan fingerprint density at radius 3 is 2.10 bits per heavy atom. The Hall–Kier alpha value is -2.98. The van der Waals surface area contributed by atoms with Crippen molar-refractivity contribution < 1.29 is 9.67 Å². The smallest absolute Gasteiger partial charge is 0.288 e. The van der Waals surface area contributed by atoms with Crippen LogP contribution in [-0.4, -0.2) is 10.1 Å². The average Bonchev–Trinajstić information content (AvgIpc) is 2.70. The van der Waals surface area contributed by atoms with Crippen molar-refractivity contribution in [1.29, 1.82) is 0 Å². The maximum absolute atomic E-state index is 11.3. The van der Waals surface area contributed by atoms with Gasteiger partial charge in [-0.15, -0.1) is 0 Å². The fourth-order valence-electron chi connectivity index (χ4n) is 3.16. The number of aromatic nitrogens is 1. The third-order valence-electron chi connectivity index (χ3n) is 5.20. The predicted molar refractivity (Wildman–Crippen MR) is 130 cm³/mol.